The minimum absolute atomic E-state index is 0. The third-order valence-corrected chi connectivity index (χ3v) is 0. The van der Waals surface area contributed by atoms with E-state index in [0.717, 1.165) is 0 Å². The molecule has 1 radical (unpaired) electrons. The van der Waals surface area contributed by atoms with Crippen LogP contribution in [-0.4, -0.2) is 0 Å². The number of hydrogen-bond donors (Lipinski definition) is 0. The summed E-state index contributed by atoms with van der Waals surface area (Å²) in [6, 6.07) is 0. The molecule has 0 aliphatic rings. The first-order valence-corrected chi connectivity index (χ1v) is 2.19. The number of hydrogen-bond acceptors (Lipinski definition) is 4. The molecule has 39 valence electrons. The standard InChI is InChI=1S/Ni.H3O4P/c;1-5(2,3)4/h;(H3,1,2,3,4)/q+3;/p-3. The third-order valence-electron chi connectivity index (χ3n) is 0. The summed E-state index contributed by atoms with van der Waals surface area (Å²) in [5.41, 5.74) is 0. The molecule has 6 heavy (non-hydrogen) atoms. The van der Waals surface area contributed by atoms with E-state index in [1.807, 2.05) is 0 Å². The molecule has 0 fully saturated rings. The molecular weight excluding hydrogens is 154 g/mol. The summed E-state index contributed by atoms with van der Waals surface area (Å²) in [7, 11) is -5.39. The van der Waals surface area contributed by atoms with Crippen LogP contribution < -0.4 is 14.7 Å². The average molecular weight is 154 g/mol. The molecule has 0 saturated heterocycles. The predicted octanol–water partition coefficient (Wildman–Crippen LogP) is -2.83. The first-order chi connectivity index (χ1) is 2.00. The molecule has 0 amide bonds. The van der Waals surface area contributed by atoms with Crippen LogP contribution in [-0.2, 0) is 21.1 Å². The Bertz CT molecular complexity index is 53.7. The van der Waals surface area contributed by atoms with Gasteiger partial charge in [0.1, 0.15) is 0 Å². The molecule has 0 atom stereocenters. The molecule has 0 aromatic heterocycles. The van der Waals surface area contributed by atoms with E-state index in [4.69, 9.17) is 19.2 Å². The maximum atomic E-state index is 8.55. The van der Waals surface area contributed by atoms with Crippen molar-refractivity contribution in [3.63, 3.8) is 0 Å². The topological polar surface area (TPSA) is 86.2 Å². The Morgan fingerprint density at radius 1 is 1.17 bits per heavy atom. The number of rotatable bonds is 0. The second-order valence-electron chi connectivity index (χ2n) is 0.447. The van der Waals surface area contributed by atoms with E-state index in [1.165, 1.54) is 0 Å². The fourth-order valence-corrected chi connectivity index (χ4v) is 0. The molecule has 0 saturated carbocycles. The van der Waals surface area contributed by atoms with Gasteiger partial charge in [-0.1, -0.05) is 0 Å². The molecule has 0 rings (SSSR count). The van der Waals surface area contributed by atoms with Crippen LogP contribution in [0.15, 0.2) is 0 Å². The van der Waals surface area contributed by atoms with E-state index < -0.39 is 7.82 Å². The van der Waals surface area contributed by atoms with Gasteiger partial charge in [-0.3, -0.25) is 0 Å². The van der Waals surface area contributed by atoms with Crippen molar-refractivity contribution in [2.24, 2.45) is 0 Å². The Labute approximate surface area is 44.4 Å². The van der Waals surface area contributed by atoms with Crippen molar-refractivity contribution in [3.8, 4) is 0 Å². The van der Waals surface area contributed by atoms with Crippen LogP contribution in [0.5, 0.6) is 0 Å². The SMILES string of the molecule is O=P([O-])([O-])[O-].[Ni+3]. The fourth-order valence-electron chi connectivity index (χ4n) is 0. The first kappa shape index (κ1) is 9.78. The van der Waals surface area contributed by atoms with Gasteiger partial charge >= 0.3 is 16.5 Å². The van der Waals surface area contributed by atoms with Gasteiger partial charge in [0, 0.05) is 0 Å². The number of phosphoric acid groups is 1. The molecule has 6 heteroatoms. The van der Waals surface area contributed by atoms with Gasteiger partial charge in [0.05, 0.1) is 0 Å². The van der Waals surface area contributed by atoms with Crippen molar-refractivity contribution in [1.82, 2.24) is 0 Å². The van der Waals surface area contributed by atoms with Crippen LogP contribution in [0, 0.1) is 0 Å². The van der Waals surface area contributed by atoms with Crippen LogP contribution >= 0.6 is 7.82 Å². The maximum Gasteiger partial charge on any atom is 3.00 e. The zero-order chi connectivity index (χ0) is 4.50. The van der Waals surface area contributed by atoms with Crippen LogP contribution in [0.2, 0.25) is 0 Å². The van der Waals surface area contributed by atoms with Crippen molar-refractivity contribution >= 4 is 7.82 Å². The summed E-state index contributed by atoms with van der Waals surface area (Å²) in [6.07, 6.45) is 0. The molecule has 4 nitrogen and oxygen atoms in total. The summed E-state index contributed by atoms with van der Waals surface area (Å²) in [6.45, 7) is 0. The van der Waals surface area contributed by atoms with Gasteiger partial charge < -0.3 is 19.2 Å². The van der Waals surface area contributed by atoms with Gasteiger partial charge in [-0.15, -0.1) is 0 Å². The second-order valence-corrected chi connectivity index (χ2v) is 1.34. The van der Waals surface area contributed by atoms with Gasteiger partial charge in [0.25, 0.3) is 0 Å². The quantitative estimate of drug-likeness (QED) is 0.277. The van der Waals surface area contributed by atoms with Crippen LogP contribution in [0.1, 0.15) is 0 Å². The Kier molecular flexibility index (Phi) is 4.44. The Balaban J connectivity index is 0. The average Bonchev–Trinajstić information content (AvgIpc) is 0.722. The van der Waals surface area contributed by atoms with Crippen LogP contribution in [0.3, 0.4) is 0 Å². The zero-order valence-corrected chi connectivity index (χ0v) is 4.28. The van der Waals surface area contributed by atoms with E-state index >= 15 is 0 Å². The molecule has 0 bridgehead atoms. The molecular formula is NiO4P. The minimum Gasteiger partial charge on any atom is -0.822 e. The van der Waals surface area contributed by atoms with E-state index in [9.17, 15) is 0 Å². The molecule has 0 heterocycles. The molecule has 0 spiro atoms. The fraction of sp³-hybridized carbons (Fsp3) is 0. The summed E-state index contributed by atoms with van der Waals surface area (Å²) >= 11 is 0. The van der Waals surface area contributed by atoms with Crippen molar-refractivity contribution in [2.75, 3.05) is 0 Å². The molecule has 0 aromatic carbocycles. The van der Waals surface area contributed by atoms with Crippen molar-refractivity contribution in [2.45, 2.75) is 0 Å². The summed E-state index contributed by atoms with van der Waals surface area (Å²) < 4.78 is 8.55. The molecule has 0 aromatic rings. The van der Waals surface area contributed by atoms with Gasteiger partial charge in [-0.2, -0.15) is 7.82 Å². The first-order valence-electron chi connectivity index (χ1n) is 0.730. The summed E-state index contributed by atoms with van der Waals surface area (Å²) in [5.74, 6) is 0. The van der Waals surface area contributed by atoms with E-state index in [0.29, 0.717) is 0 Å². The van der Waals surface area contributed by atoms with Crippen molar-refractivity contribution < 1.29 is 35.7 Å². The Morgan fingerprint density at radius 3 is 1.17 bits per heavy atom. The molecule has 0 aliphatic carbocycles. The molecule has 0 aliphatic heterocycles. The van der Waals surface area contributed by atoms with Gasteiger partial charge in [-0.25, -0.2) is 0 Å². The Morgan fingerprint density at radius 2 is 1.17 bits per heavy atom. The minimum atomic E-state index is -5.39. The van der Waals surface area contributed by atoms with E-state index in [1.54, 1.807) is 0 Å². The maximum absolute atomic E-state index is 8.55. The van der Waals surface area contributed by atoms with Crippen molar-refractivity contribution in [1.29, 1.82) is 0 Å². The monoisotopic (exact) mass is 153 g/mol. The van der Waals surface area contributed by atoms with Crippen LogP contribution in [0.4, 0.5) is 0 Å². The summed E-state index contributed by atoms with van der Waals surface area (Å²) in [4.78, 5) is 25.6. The van der Waals surface area contributed by atoms with Crippen LogP contribution in [0.25, 0.3) is 0 Å². The van der Waals surface area contributed by atoms with Gasteiger partial charge in [0.2, 0.25) is 0 Å². The molecule has 0 N–H and O–H groups in total. The smallest absolute Gasteiger partial charge is 0.822 e. The third kappa shape index (κ3) is 164. The van der Waals surface area contributed by atoms with E-state index in [-0.39, 0.29) is 16.5 Å². The summed E-state index contributed by atoms with van der Waals surface area (Å²) in [5, 5.41) is 0. The zero-order valence-electron chi connectivity index (χ0n) is 2.40. The van der Waals surface area contributed by atoms with E-state index in [2.05, 4.69) is 0 Å². The second kappa shape index (κ2) is 2.72. The predicted molar refractivity (Wildman–Crippen MR) is 7.61 cm³/mol. The van der Waals surface area contributed by atoms with Gasteiger partial charge in [-0.05, 0) is 0 Å². The largest absolute Gasteiger partial charge is 3.00 e. The Hall–Kier alpha value is 0.604. The van der Waals surface area contributed by atoms with Crippen molar-refractivity contribution in [3.05, 3.63) is 0 Å². The molecule has 0 unspecified atom stereocenters. The normalized spacial score (nSPS) is 9.83. The van der Waals surface area contributed by atoms with Gasteiger partial charge in [0.15, 0.2) is 0 Å².